The van der Waals surface area contributed by atoms with E-state index in [0.29, 0.717) is 36.1 Å². The molecule has 0 aliphatic carbocycles. The molecule has 1 atom stereocenters. The Bertz CT molecular complexity index is 521. The van der Waals surface area contributed by atoms with Gasteiger partial charge in [-0.25, -0.2) is 0 Å². The average molecular weight is 324 g/mol. The van der Waals surface area contributed by atoms with Crippen molar-refractivity contribution >= 4 is 23.3 Å². The molecule has 1 fully saturated rings. The van der Waals surface area contributed by atoms with Crippen molar-refractivity contribution in [3.8, 4) is 5.75 Å². The second-order valence-electron chi connectivity index (χ2n) is 5.63. The molecule has 0 aromatic heterocycles. The highest BCUT2D eigenvalue weighted by Gasteiger charge is 2.29. The van der Waals surface area contributed by atoms with Crippen LogP contribution in [-0.2, 0) is 9.59 Å². The molecule has 4 nitrogen and oxygen atoms in total. The van der Waals surface area contributed by atoms with Crippen LogP contribution in [0, 0.1) is 5.92 Å². The summed E-state index contributed by atoms with van der Waals surface area (Å²) in [5.41, 5.74) is 0. The smallest absolute Gasteiger partial charge is 0.263 e. The molecule has 0 bridgehead atoms. The van der Waals surface area contributed by atoms with Crippen molar-refractivity contribution < 1.29 is 14.3 Å². The zero-order chi connectivity index (χ0) is 16.1. The van der Waals surface area contributed by atoms with Crippen LogP contribution < -0.4 is 4.74 Å². The van der Waals surface area contributed by atoms with Crippen LogP contribution in [0.2, 0.25) is 5.02 Å². The van der Waals surface area contributed by atoms with Gasteiger partial charge in [-0.05, 0) is 44.0 Å². The van der Waals surface area contributed by atoms with Gasteiger partial charge in [-0.1, -0.05) is 18.5 Å². The number of rotatable bonds is 5. The lowest BCUT2D eigenvalue weighted by Crippen LogP contribution is -2.45. The molecule has 5 heteroatoms. The first-order valence-electron chi connectivity index (χ1n) is 7.75. The van der Waals surface area contributed by atoms with Gasteiger partial charge in [-0.15, -0.1) is 0 Å². The molecular weight excluding hydrogens is 302 g/mol. The Balaban J connectivity index is 1.86. The van der Waals surface area contributed by atoms with Gasteiger partial charge in [0.2, 0.25) is 0 Å². The van der Waals surface area contributed by atoms with Crippen molar-refractivity contribution in [2.75, 3.05) is 13.1 Å². The highest BCUT2D eigenvalue weighted by Crippen LogP contribution is 2.21. The third kappa shape index (κ3) is 4.23. The van der Waals surface area contributed by atoms with Crippen LogP contribution in [0.4, 0.5) is 0 Å². The van der Waals surface area contributed by atoms with Gasteiger partial charge in [0.15, 0.2) is 6.10 Å². The molecule has 1 aromatic carbocycles. The molecule has 0 saturated carbocycles. The van der Waals surface area contributed by atoms with Crippen LogP contribution >= 0.6 is 11.6 Å². The van der Waals surface area contributed by atoms with E-state index < -0.39 is 6.10 Å². The number of hydrogen-bond acceptors (Lipinski definition) is 3. The van der Waals surface area contributed by atoms with Crippen LogP contribution in [0.1, 0.15) is 33.1 Å². The first-order chi connectivity index (χ1) is 10.5. The fraction of sp³-hybridized carbons (Fsp3) is 0.529. The highest BCUT2D eigenvalue weighted by molar-refractivity contribution is 6.30. The monoisotopic (exact) mass is 323 g/mol. The summed E-state index contributed by atoms with van der Waals surface area (Å²) in [6.07, 6.45) is 1.55. The van der Waals surface area contributed by atoms with Crippen molar-refractivity contribution in [2.45, 2.75) is 39.2 Å². The molecule has 0 spiro atoms. The Hall–Kier alpha value is -1.55. The topological polar surface area (TPSA) is 46.6 Å². The quantitative estimate of drug-likeness (QED) is 0.835. The largest absolute Gasteiger partial charge is 0.481 e. The van der Waals surface area contributed by atoms with Gasteiger partial charge in [-0.2, -0.15) is 0 Å². The minimum absolute atomic E-state index is 0.0302. The number of Topliss-reactive ketones (excluding diaryl/α,β-unsaturated/α-hetero) is 1. The molecule has 1 heterocycles. The van der Waals surface area contributed by atoms with E-state index in [1.807, 2.05) is 6.92 Å². The fourth-order valence-corrected chi connectivity index (χ4v) is 2.86. The van der Waals surface area contributed by atoms with Crippen LogP contribution in [0.5, 0.6) is 5.75 Å². The Morgan fingerprint density at radius 1 is 1.27 bits per heavy atom. The van der Waals surface area contributed by atoms with Crippen LogP contribution in [0.25, 0.3) is 0 Å². The molecule has 1 unspecified atom stereocenters. The van der Waals surface area contributed by atoms with E-state index >= 15 is 0 Å². The molecule has 1 aliphatic heterocycles. The summed E-state index contributed by atoms with van der Waals surface area (Å²) in [4.78, 5) is 25.9. The lowest BCUT2D eigenvalue weighted by Gasteiger charge is -2.32. The average Bonchev–Trinajstić information content (AvgIpc) is 2.55. The van der Waals surface area contributed by atoms with Crippen LogP contribution in [0.3, 0.4) is 0 Å². The summed E-state index contributed by atoms with van der Waals surface area (Å²) in [5, 5.41) is 0.633. The number of benzene rings is 1. The number of halogens is 1. The van der Waals surface area contributed by atoms with E-state index in [1.54, 1.807) is 36.1 Å². The summed E-state index contributed by atoms with van der Waals surface area (Å²) >= 11 is 5.83. The molecule has 1 aliphatic rings. The highest BCUT2D eigenvalue weighted by atomic mass is 35.5. The van der Waals surface area contributed by atoms with Crippen molar-refractivity contribution in [3.63, 3.8) is 0 Å². The number of piperidine rings is 1. The van der Waals surface area contributed by atoms with Crippen molar-refractivity contribution in [2.24, 2.45) is 5.92 Å². The van der Waals surface area contributed by atoms with Crippen LogP contribution in [-0.4, -0.2) is 35.8 Å². The number of carbonyl (C=O) groups excluding carboxylic acids is 2. The predicted molar refractivity (Wildman–Crippen MR) is 86.1 cm³/mol. The second kappa shape index (κ2) is 7.63. The number of amides is 1. The normalized spacial score (nSPS) is 17.1. The van der Waals surface area contributed by atoms with E-state index in [1.165, 1.54) is 0 Å². The second-order valence-corrected chi connectivity index (χ2v) is 6.07. The number of carbonyl (C=O) groups is 2. The minimum atomic E-state index is -0.542. The maximum absolute atomic E-state index is 12.4. The predicted octanol–water partition coefficient (Wildman–Crippen LogP) is 3.33. The zero-order valence-electron chi connectivity index (χ0n) is 13.0. The molecule has 1 saturated heterocycles. The Kier molecular flexibility index (Phi) is 5.83. The number of ether oxygens (including phenoxy) is 1. The molecule has 1 amide bonds. The Morgan fingerprint density at radius 3 is 2.41 bits per heavy atom. The SMILES string of the molecule is CCC(=O)C1CCN(C(=O)C(C)Oc2ccc(Cl)cc2)CC1. The summed E-state index contributed by atoms with van der Waals surface area (Å²) in [5.74, 6) is 1.01. The molecule has 1 aromatic rings. The van der Waals surface area contributed by atoms with E-state index in [0.717, 1.165) is 12.8 Å². The van der Waals surface area contributed by atoms with Gasteiger partial charge in [0.25, 0.3) is 5.91 Å². The zero-order valence-corrected chi connectivity index (χ0v) is 13.8. The summed E-state index contributed by atoms with van der Waals surface area (Å²) in [6.45, 7) is 4.90. The van der Waals surface area contributed by atoms with Gasteiger partial charge < -0.3 is 9.64 Å². The van der Waals surface area contributed by atoms with Gasteiger partial charge in [0, 0.05) is 30.5 Å². The van der Waals surface area contributed by atoms with E-state index in [4.69, 9.17) is 16.3 Å². The summed E-state index contributed by atoms with van der Waals surface area (Å²) in [6, 6.07) is 6.96. The van der Waals surface area contributed by atoms with Crippen molar-refractivity contribution in [1.82, 2.24) is 4.90 Å². The lowest BCUT2D eigenvalue weighted by atomic mass is 9.91. The van der Waals surface area contributed by atoms with Gasteiger partial charge in [-0.3, -0.25) is 9.59 Å². The molecule has 2 rings (SSSR count). The molecule has 120 valence electrons. The Morgan fingerprint density at radius 2 is 1.86 bits per heavy atom. The number of ketones is 1. The maximum atomic E-state index is 12.4. The van der Waals surface area contributed by atoms with Crippen molar-refractivity contribution in [3.05, 3.63) is 29.3 Å². The lowest BCUT2D eigenvalue weighted by molar-refractivity contribution is -0.140. The Labute approximate surface area is 136 Å². The number of hydrogen-bond donors (Lipinski definition) is 0. The van der Waals surface area contributed by atoms with Gasteiger partial charge in [0.05, 0.1) is 0 Å². The minimum Gasteiger partial charge on any atom is -0.481 e. The number of likely N-dealkylation sites (tertiary alicyclic amines) is 1. The maximum Gasteiger partial charge on any atom is 0.263 e. The molecule has 22 heavy (non-hydrogen) atoms. The van der Waals surface area contributed by atoms with Gasteiger partial charge >= 0.3 is 0 Å². The summed E-state index contributed by atoms with van der Waals surface area (Å²) < 4.78 is 5.66. The standard InChI is InChI=1S/C17H22ClNO3/c1-3-16(20)13-8-10-19(11-9-13)17(21)12(2)22-15-6-4-14(18)5-7-15/h4-7,12-13H,3,8-11H2,1-2H3. The third-order valence-corrected chi connectivity index (χ3v) is 4.34. The van der Waals surface area contributed by atoms with E-state index in [-0.39, 0.29) is 11.8 Å². The molecule has 0 N–H and O–H groups in total. The van der Waals surface area contributed by atoms with Gasteiger partial charge in [0.1, 0.15) is 11.5 Å². The first kappa shape index (κ1) is 16.8. The van der Waals surface area contributed by atoms with Crippen molar-refractivity contribution in [1.29, 1.82) is 0 Å². The number of nitrogens with zero attached hydrogens (tertiary/aromatic N) is 1. The first-order valence-corrected chi connectivity index (χ1v) is 8.12. The van der Waals surface area contributed by atoms with Crippen LogP contribution in [0.15, 0.2) is 24.3 Å². The molecular formula is C17H22ClNO3. The van der Waals surface area contributed by atoms with E-state index in [2.05, 4.69) is 0 Å². The van der Waals surface area contributed by atoms with E-state index in [9.17, 15) is 9.59 Å². The fourth-order valence-electron chi connectivity index (χ4n) is 2.74. The third-order valence-electron chi connectivity index (χ3n) is 4.08. The summed E-state index contributed by atoms with van der Waals surface area (Å²) in [7, 11) is 0. The molecule has 0 radical (unpaired) electrons.